The Morgan fingerprint density at radius 2 is 1.50 bits per heavy atom. The molecule has 1 aromatic rings. The van der Waals surface area contributed by atoms with Gasteiger partial charge in [-0.2, -0.15) is 0 Å². The standard InChI is InChI=1S/C33H48O7/c1-4-6-7-10-24-11-13-25(14-12-24)26-15-17-27(18-16-26)33(36)40-29-20-19-28(23-30(29)37-3)32(35)39-22-9-8-21-38-31(34)5-2/h5,19-20,23-27H,2,4,6-18,21-22H2,1,3H3. The van der Waals surface area contributed by atoms with E-state index in [-0.39, 0.29) is 25.1 Å². The molecule has 0 radical (unpaired) electrons. The van der Waals surface area contributed by atoms with Crippen molar-refractivity contribution in [3.8, 4) is 11.5 Å². The molecule has 0 amide bonds. The quantitative estimate of drug-likeness (QED) is 0.0959. The highest BCUT2D eigenvalue weighted by molar-refractivity contribution is 5.90. The molecule has 0 aliphatic heterocycles. The number of hydrogen-bond acceptors (Lipinski definition) is 7. The van der Waals surface area contributed by atoms with Crippen molar-refractivity contribution in [1.82, 2.24) is 0 Å². The van der Waals surface area contributed by atoms with E-state index in [1.54, 1.807) is 12.1 Å². The second-order valence-corrected chi connectivity index (χ2v) is 11.4. The summed E-state index contributed by atoms with van der Waals surface area (Å²) in [7, 11) is 1.48. The Labute approximate surface area is 240 Å². The van der Waals surface area contributed by atoms with Gasteiger partial charge in [0.05, 0.1) is 31.8 Å². The smallest absolute Gasteiger partial charge is 0.338 e. The van der Waals surface area contributed by atoms with E-state index in [1.807, 2.05) is 0 Å². The average molecular weight is 557 g/mol. The minimum atomic E-state index is -0.493. The van der Waals surface area contributed by atoms with Crippen molar-refractivity contribution in [1.29, 1.82) is 0 Å². The van der Waals surface area contributed by atoms with Crippen LogP contribution in [0.1, 0.15) is 107 Å². The molecule has 1 aromatic carbocycles. The molecule has 0 bridgehead atoms. The van der Waals surface area contributed by atoms with Gasteiger partial charge >= 0.3 is 17.9 Å². The van der Waals surface area contributed by atoms with Gasteiger partial charge in [0, 0.05) is 6.08 Å². The zero-order valence-electron chi connectivity index (χ0n) is 24.5. The summed E-state index contributed by atoms with van der Waals surface area (Å²) in [5.74, 6) is 1.85. The van der Waals surface area contributed by atoms with Gasteiger partial charge in [-0.3, -0.25) is 4.79 Å². The molecule has 7 heteroatoms. The van der Waals surface area contributed by atoms with Crippen LogP contribution in [0.3, 0.4) is 0 Å². The van der Waals surface area contributed by atoms with Crippen molar-refractivity contribution in [2.45, 2.75) is 96.8 Å². The van der Waals surface area contributed by atoms with Gasteiger partial charge in [0.15, 0.2) is 11.5 Å². The summed E-state index contributed by atoms with van der Waals surface area (Å²) in [4.78, 5) is 36.5. The van der Waals surface area contributed by atoms with E-state index < -0.39 is 11.9 Å². The van der Waals surface area contributed by atoms with Gasteiger partial charge in [0.1, 0.15) is 0 Å². The third kappa shape index (κ3) is 9.97. The van der Waals surface area contributed by atoms with Crippen molar-refractivity contribution < 1.29 is 33.3 Å². The number of ether oxygens (including phenoxy) is 4. The van der Waals surface area contributed by atoms with E-state index in [9.17, 15) is 14.4 Å². The largest absolute Gasteiger partial charge is 0.493 e. The first-order chi connectivity index (χ1) is 19.4. The Morgan fingerprint density at radius 1 is 0.850 bits per heavy atom. The predicted molar refractivity (Wildman–Crippen MR) is 154 cm³/mol. The molecule has 2 aliphatic carbocycles. The number of carbonyl (C=O) groups excluding carboxylic acids is 3. The second-order valence-electron chi connectivity index (χ2n) is 11.4. The summed E-state index contributed by atoms with van der Waals surface area (Å²) < 4.78 is 21.3. The van der Waals surface area contributed by atoms with Crippen LogP contribution < -0.4 is 9.47 Å². The molecule has 3 rings (SSSR count). The van der Waals surface area contributed by atoms with Crippen LogP contribution in [0, 0.1) is 23.7 Å². The molecule has 7 nitrogen and oxygen atoms in total. The number of methoxy groups -OCH3 is 1. The van der Waals surface area contributed by atoms with Gasteiger partial charge in [-0.15, -0.1) is 0 Å². The van der Waals surface area contributed by atoms with Crippen LogP contribution in [0.5, 0.6) is 11.5 Å². The van der Waals surface area contributed by atoms with E-state index in [2.05, 4.69) is 13.5 Å². The molecule has 2 fully saturated rings. The van der Waals surface area contributed by atoms with Crippen LogP contribution in [0.2, 0.25) is 0 Å². The van der Waals surface area contributed by atoms with Crippen LogP contribution in [-0.2, 0) is 19.1 Å². The van der Waals surface area contributed by atoms with Gasteiger partial charge < -0.3 is 18.9 Å². The fraction of sp³-hybridized carbons (Fsp3) is 0.667. The number of carbonyl (C=O) groups is 3. The Morgan fingerprint density at radius 3 is 2.12 bits per heavy atom. The lowest BCUT2D eigenvalue weighted by molar-refractivity contribution is -0.140. The molecular weight excluding hydrogens is 508 g/mol. The number of esters is 3. The van der Waals surface area contributed by atoms with Crippen molar-refractivity contribution in [3.63, 3.8) is 0 Å². The summed E-state index contributed by atoms with van der Waals surface area (Å²) in [5, 5.41) is 0. The molecule has 2 saturated carbocycles. The third-order valence-corrected chi connectivity index (χ3v) is 8.67. The van der Waals surface area contributed by atoms with Gasteiger partial charge in [0.2, 0.25) is 0 Å². The molecule has 0 saturated heterocycles. The molecule has 0 aromatic heterocycles. The second kappa shape index (κ2) is 17.1. The van der Waals surface area contributed by atoms with Crippen LogP contribution in [-0.4, -0.2) is 38.2 Å². The maximum Gasteiger partial charge on any atom is 0.338 e. The molecule has 0 atom stereocenters. The monoisotopic (exact) mass is 556 g/mol. The van der Waals surface area contributed by atoms with E-state index in [4.69, 9.17) is 18.9 Å². The summed E-state index contributed by atoms with van der Waals surface area (Å²) in [6, 6.07) is 4.70. The molecule has 222 valence electrons. The van der Waals surface area contributed by atoms with Crippen LogP contribution in [0.4, 0.5) is 0 Å². The number of rotatable bonds is 15. The van der Waals surface area contributed by atoms with Crippen molar-refractivity contribution >= 4 is 17.9 Å². The zero-order valence-corrected chi connectivity index (χ0v) is 24.5. The van der Waals surface area contributed by atoms with Crippen molar-refractivity contribution in [3.05, 3.63) is 36.4 Å². The fourth-order valence-electron chi connectivity index (χ4n) is 6.21. The summed E-state index contributed by atoms with van der Waals surface area (Å²) in [6.45, 7) is 6.06. The summed E-state index contributed by atoms with van der Waals surface area (Å²) in [5.41, 5.74) is 0.315. The molecule has 0 N–H and O–H groups in total. The summed E-state index contributed by atoms with van der Waals surface area (Å²) >= 11 is 0. The van der Waals surface area contributed by atoms with Gasteiger partial charge in [0.25, 0.3) is 0 Å². The van der Waals surface area contributed by atoms with E-state index in [1.165, 1.54) is 64.5 Å². The topological polar surface area (TPSA) is 88.1 Å². The van der Waals surface area contributed by atoms with Crippen LogP contribution >= 0.6 is 0 Å². The number of hydrogen-bond donors (Lipinski definition) is 0. The van der Waals surface area contributed by atoms with Crippen molar-refractivity contribution in [2.24, 2.45) is 23.7 Å². The average Bonchev–Trinajstić information content (AvgIpc) is 2.99. The third-order valence-electron chi connectivity index (χ3n) is 8.67. The molecule has 40 heavy (non-hydrogen) atoms. The van der Waals surface area contributed by atoms with E-state index >= 15 is 0 Å². The van der Waals surface area contributed by atoms with Crippen molar-refractivity contribution in [2.75, 3.05) is 20.3 Å². The van der Waals surface area contributed by atoms with Gasteiger partial charge in [-0.05, 0) is 87.3 Å². The Balaban J connectivity index is 1.40. The Hall–Kier alpha value is -2.83. The molecule has 0 spiro atoms. The lowest BCUT2D eigenvalue weighted by atomic mass is 9.68. The Bertz CT molecular complexity index is 956. The Kier molecular flexibility index (Phi) is 13.5. The lowest BCUT2D eigenvalue weighted by Crippen LogP contribution is -2.30. The number of unbranched alkanes of at least 4 members (excludes halogenated alkanes) is 3. The SMILES string of the molecule is C=CC(=O)OCCCCOC(=O)c1ccc(OC(=O)C2CCC(C3CCC(CCCCC)CC3)CC2)c(OC)c1. The minimum absolute atomic E-state index is 0.0956. The molecular formula is C33H48O7. The van der Waals surface area contributed by atoms with Crippen LogP contribution in [0.25, 0.3) is 0 Å². The predicted octanol–water partition coefficient (Wildman–Crippen LogP) is 7.46. The molecule has 0 unspecified atom stereocenters. The molecule has 0 heterocycles. The number of benzene rings is 1. The van der Waals surface area contributed by atoms with Gasteiger partial charge in [-0.25, -0.2) is 9.59 Å². The first kappa shape index (κ1) is 31.7. The van der Waals surface area contributed by atoms with E-state index in [0.29, 0.717) is 29.9 Å². The van der Waals surface area contributed by atoms with E-state index in [0.717, 1.165) is 49.5 Å². The molecule has 2 aliphatic rings. The van der Waals surface area contributed by atoms with Gasteiger partial charge in [-0.1, -0.05) is 52.0 Å². The highest BCUT2D eigenvalue weighted by Gasteiger charge is 2.34. The zero-order chi connectivity index (χ0) is 28.7. The first-order valence-electron chi connectivity index (χ1n) is 15.3. The lowest BCUT2D eigenvalue weighted by Gasteiger charge is -2.37. The minimum Gasteiger partial charge on any atom is -0.493 e. The fourth-order valence-corrected chi connectivity index (χ4v) is 6.21. The maximum absolute atomic E-state index is 13.0. The summed E-state index contributed by atoms with van der Waals surface area (Å²) in [6.07, 6.45) is 17.1. The first-order valence-corrected chi connectivity index (χ1v) is 15.3. The normalized spacial score (nSPS) is 22.6. The highest BCUT2D eigenvalue weighted by Crippen LogP contribution is 2.43. The maximum atomic E-state index is 13.0. The highest BCUT2D eigenvalue weighted by atomic mass is 16.6. The van der Waals surface area contributed by atoms with Crippen LogP contribution in [0.15, 0.2) is 30.9 Å².